The van der Waals surface area contributed by atoms with E-state index in [4.69, 9.17) is 5.11 Å². The number of nitrogens with zero attached hydrogens (tertiary/aromatic N) is 3. The van der Waals surface area contributed by atoms with Crippen molar-refractivity contribution in [2.75, 3.05) is 0 Å². The standard InChI is InChI=1S/C11H10FN3O3/c12-10-3-8(1-2-11(10)15(17)18)5-14-6-9(7-16)4-13-14/h1-4,6,16H,5,7H2. The molecule has 0 aliphatic carbocycles. The molecule has 2 rings (SSSR count). The van der Waals surface area contributed by atoms with Gasteiger partial charge in [0.1, 0.15) is 0 Å². The van der Waals surface area contributed by atoms with E-state index in [9.17, 15) is 14.5 Å². The first-order valence-corrected chi connectivity index (χ1v) is 5.15. The molecule has 0 saturated carbocycles. The molecule has 0 spiro atoms. The molecule has 0 saturated heterocycles. The minimum atomic E-state index is -0.868. The van der Waals surface area contributed by atoms with Crippen LogP contribution >= 0.6 is 0 Å². The smallest absolute Gasteiger partial charge is 0.304 e. The Hall–Kier alpha value is -2.28. The average molecular weight is 251 g/mol. The van der Waals surface area contributed by atoms with Gasteiger partial charge in [0.2, 0.25) is 5.82 Å². The van der Waals surface area contributed by atoms with Crippen LogP contribution in [0.15, 0.2) is 30.6 Å². The molecule has 2 aromatic rings. The highest BCUT2D eigenvalue weighted by atomic mass is 19.1. The van der Waals surface area contributed by atoms with Crippen molar-refractivity contribution in [3.05, 3.63) is 57.7 Å². The molecule has 0 radical (unpaired) electrons. The number of hydrogen-bond acceptors (Lipinski definition) is 4. The van der Waals surface area contributed by atoms with Gasteiger partial charge in [-0.15, -0.1) is 0 Å². The van der Waals surface area contributed by atoms with Gasteiger partial charge in [-0.25, -0.2) is 0 Å². The highest BCUT2D eigenvalue weighted by Crippen LogP contribution is 2.18. The molecule has 1 aromatic heterocycles. The fraction of sp³-hybridized carbons (Fsp3) is 0.182. The number of rotatable bonds is 4. The quantitative estimate of drug-likeness (QED) is 0.659. The van der Waals surface area contributed by atoms with Crippen LogP contribution in [0, 0.1) is 15.9 Å². The molecule has 7 heteroatoms. The summed E-state index contributed by atoms with van der Waals surface area (Å²) >= 11 is 0. The van der Waals surface area contributed by atoms with Crippen LogP contribution < -0.4 is 0 Å². The Morgan fingerprint density at radius 2 is 2.22 bits per heavy atom. The third-order valence-corrected chi connectivity index (χ3v) is 2.42. The molecule has 94 valence electrons. The van der Waals surface area contributed by atoms with E-state index in [-0.39, 0.29) is 13.2 Å². The normalized spacial score (nSPS) is 10.6. The number of nitro groups is 1. The van der Waals surface area contributed by atoms with Gasteiger partial charge < -0.3 is 5.11 Å². The van der Waals surface area contributed by atoms with Gasteiger partial charge in [-0.05, 0) is 11.6 Å². The fourth-order valence-corrected chi connectivity index (χ4v) is 1.56. The Kier molecular flexibility index (Phi) is 3.33. The third-order valence-electron chi connectivity index (χ3n) is 2.42. The number of hydrogen-bond donors (Lipinski definition) is 1. The predicted octanol–water partition coefficient (Wildman–Crippen LogP) is 1.47. The van der Waals surface area contributed by atoms with Crippen LogP contribution in [-0.4, -0.2) is 19.8 Å². The maximum atomic E-state index is 13.4. The molecule has 0 bridgehead atoms. The molecule has 0 aliphatic heterocycles. The molecule has 1 N–H and O–H groups in total. The zero-order valence-electron chi connectivity index (χ0n) is 9.28. The third kappa shape index (κ3) is 2.51. The van der Waals surface area contributed by atoms with Crippen LogP contribution in [0.3, 0.4) is 0 Å². The molecule has 0 atom stereocenters. The van der Waals surface area contributed by atoms with Crippen molar-refractivity contribution in [3.63, 3.8) is 0 Å². The average Bonchev–Trinajstić information content (AvgIpc) is 2.76. The maximum Gasteiger partial charge on any atom is 0.304 e. The summed E-state index contributed by atoms with van der Waals surface area (Å²) in [6.07, 6.45) is 3.13. The zero-order valence-corrected chi connectivity index (χ0v) is 9.28. The van der Waals surface area contributed by atoms with E-state index in [1.165, 1.54) is 16.9 Å². The lowest BCUT2D eigenvalue weighted by Gasteiger charge is -2.02. The first kappa shape index (κ1) is 12.2. The second kappa shape index (κ2) is 4.92. The van der Waals surface area contributed by atoms with Crippen LogP contribution in [0.4, 0.5) is 10.1 Å². The van der Waals surface area contributed by atoms with Gasteiger partial charge in [-0.1, -0.05) is 6.07 Å². The molecule has 0 amide bonds. The summed E-state index contributed by atoms with van der Waals surface area (Å²) in [6, 6.07) is 3.71. The second-order valence-electron chi connectivity index (χ2n) is 3.75. The van der Waals surface area contributed by atoms with Crippen LogP contribution in [0.5, 0.6) is 0 Å². The van der Waals surface area contributed by atoms with E-state index in [1.807, 2.05) is 0 Å². The van der Waals surface area contributed by atoms with Crippen molar-refractivity contribution < 1.29 is 14.4 Å². The van der Waals surface area contributed by atoms with Crippen LogP contribution in [-0.2, 0) is 13.2 Å². The molecule has 0 unspecified atom stereocenters. The number of halogens is 1. The van der Waals surface area contributed by atoms with E-state index >= 15 is 0 Å². The van der Waals surface area contributed by atoms with E-state index < -0.39 is 16.4 Å². The molecule has 6 nitrogen and oxygen atoms in total. The SMILES string of the molecule is O=[N+]([O-])c1ccc(Cn2cc(CO)cn2)cc1F. The number of benzene rings is 1. The highest BCUT2D eigenvalue weighted by molar-refractivity contribution is 5.35. The predicted molar refractivity (Wildman–Crippen MR) is 60.3 cm³/mol. The topological polar surface area (TPSA) is 81.2 Å². The van der Waals surface area contributed by atoms with Crippen molar-refractivity contribution in [2.24, 2.45) is 0 Å². The Bertz CT molecular complexity index is 583. The molecule has 0 aliphatic rings. The van der Waals surface area contributed by atoms with E-state index in [1.54, 1.807) is 6.20 Å². The summed E-state index contributed by atoms with van der Waals surface area (Å²) in [4.78, 5) is 9.69. The molecule has 18 heavy (non-hydrogen) atoms. The van der Waals surface area contributed by atoms with Crippen LogP contribution in [0.25, 0.3) is 0 Å². The van der Waals surface area contributed by atoms with Crippen molar-refractivity contribution >= 4 is 5.69 Å². The lowest BCUT2D eigenvalue weighted by molar-refractivity contribution is -0.387. The van der Waals surface area contributed by atoms with Gasteiger partial charge in [0.15, 0.2) is 0 Å². The van der Waals surface area contributed by atoms with E-state index in [0.717, 1.165) is 12.1 Å². The Morgan fingerprint density at radius 3 is 2.78 bits per heavy atom. The Morgan fingerprint density at radius 1 is 1.44 bits per heavy atom. The van der Waals surface area contributed by atoms with Gasteiger partial charge in [0.05, 0.1) is 24.3 Å². The summed E-state index contributed by atoms with van der Waals surface area (Å²) in [5, 5.41) is 23.3. The molecular formula is C11H10FN3O3. The minimum Gasteiger partial charge on any atom is -0.392 e. The first-order valence-electron chi connectivity index (χ1n) is 5.15. The number of aliphatic hydroxyl groups is 1. The first-order chi connectivity index (χ1) is 8.60. The van der Waals surface area contributed by atoms with Gasteiger partial charge in [0, 0.05) is 17.8 Å². The van der Waals surface area contributed by atoms with Gasteiger partial charge in [-0.2, -0.15) is 9.49 Å². The monoisotopic (exact) mass is 251 g/mol. The number of nitro benzene ring substituents is 1. The van der Waals surface area contributed by atoms with Gasteiger partial charge in [0.25, 0.3) is 0 Å². The lowest BCUT2D eigenvalue weighted by Crippen LogP contribution is -2.01. The summed E-state index contributed by atoms with van der Waals surface area (Å²) in [6.45, 7) is 0.170. The maximum absolute atomic E-state index is 13.4. The summed E-state index contributed by atoms with van der Waals surface area (Å²) in [5.74, 6) is -0.868. The van der Waals surface area contributed by atoms with Crippen LogP contribution in [0.2, 0.25) is 0 Å². The molecule has 1 heterocycles. The van der Waals surface area contributed by atoms with Crippen molar-refractivity contribution in [1.29, 1.82) is 0 Å². The Balaban J connectivity index is 2.19. The van der Waals surface area contributed by atoms with E-state index in [0.29, 0.717) is 11.1 Å². The second-order valence-corrected chi connectivity index (χ2v) is 3.75. The number of aliphatic hydroxyl groups excluding tert-OH is 1. The minimum absolute atomic E-state index is 0.116. The molecule has 1 aromatic carbocycles. The van der Waals surface area contributed by atoms with Crippen molar-refractivity contribution in [2.45, 2.75) is 13.2 Å². The lowest BCUT2D eigenvalue weighted by atomic mass is 10.2. The Labute approximate surface area is 101 Å². The molecular weight excluding hydrogens is 241 g/mol. The van der Waals surface area contributed by atoms with Gasteiger partial charge >= 0.3 is 5.69 Å². The zero-order chi connectivity index (χ0) is 13.1. The van der Waals surface area contributed by atoms with E-state index in [2.05, 4.69) is 5.10 Å². The van der Waals surface area contributed by atoms with Crippen molar-refractivity contribution in [1.82, 2.24) is 9.78 Å². The van der Waals surface area contributed by atoms with Gasteiger partial charge in [-0.3, -0.25) is 14.8 Å². The summed E-state index contributed by atoms with van der Waals surface area (Å²) < 4.78 is 14.9. The molecule has 0 fully saturated rings. The largest absolute Gasteiger partial charge is 0.392 e. The fourth-order valence-electron chi connectivity index (χ4n) is 1.56. The summed E-state index contributed by atoms with van der Waals surface area (Å²) in [7, 11) is 0. The number of aromatic nitrogens is 2. The summed E-state index contributed by atoms with van der Waals surface area (Å²) in [5.41, 5.74) is 0.665. The van der Waals surface area contributed by atoms with Crippen molar-refractivity contribution in [3.8, 4) is 0 Å². The van der Waals surface area contributed by atoms with Crippen LogP contribution in [0.1, 0.15) is 11.1 Å². The highest BCUT2D eigenvalue weighted by Gasteiger charge is 2.13.